The number of rotatable bonds is 1. The summed E-state index contributed by atoms with van der Waals surface area (Å²) < 4.78 is 12.9. The van der Waals surface area contributed by atoms with Crippen molar-refractivity contribution in [3.8, 4) is 0 Å². The summed E-state index contributed by atoms with van der Waals surface area (Å²) in [7, 11) is -0.954. The van der Waals surface area contributed by atoms with Crippen LogP contribution >= 0.6 is 11.3 Å². The molecule has 0 aliphatic rings. The molecule has 0 unspecified atom stereocenters. The summed E-state index contributed by atoms with van der Waals surface area (Å²) in [5, 5.41) is 0. The highest BCUT2D eigenvalue weighted by Crippen LogP contribution is 2.22. The first-order valence-electron chi connectivity index (χ1n) is 3.46. The Kier molecular flexibility index (Phi) is 1.94. The number of hydrogen-bond donors (Lipinski definition) is 0. The minimum atomic E-state index is -0.954. The average molecular weight is 197 g/mol. The molecule has 2 rings (SSSR count). The monoisotopic (exact) mass is 197 g/mol. The molecule has 1 aromatic heterocycles. The van der Waals surface area contributed by atoms with Crippen LogP contribution in [0.4, 0.5) is 0 Å². The molecule has 1 atom stereocenters. The van der Waals surface area contributed by atoms with Gasteiger partial charge in [-0.15, -0.1) is 11.3 Å². The Morgan fingerprint density at radius 2 is 2.17 bits per heavy atom. The van der Waals surface area contributed by atoms with Crippen LogP contribution in [0, 0.1) is 0 Å². The highest BCUT2D eigenvalue weighted by atomic mass is 32.2. The average Bonchev–Trinajstić information content (AvgIpc) is 2.46. The number of fused-ring (bicyclic) bond motifs is 1. The van der Waals surface area contributed by atoms with Gasteiger partial charge in [-0.25, -0.2) is 4.98 Å². The van der Waals surface area contributed by atoms with Crippen LogP contribution in [0.2, 0.25) is 0 Å². The summed E-state index contributed by atoms with van der Waals surface area (Å²) in [5.41, 5.74) is 0.938. The van der Waals surface area contributed by atoms with Crippen LogP contribution in [0.3, 0.4) is 0 Å². The van der Waals surface area contributed by atoms with Crippen LogP contribution in [0.25, 0.3) is 10.2 Å². The second kappa shape index (κ2) is 2.95. The van der Waals surface area contributed by atoms with Crippen LogP contribution < -0.4 is 0 Å². The van der Waals surface area contributed by atoms with Gasteiger partial charge in [-0.3, -0.25) is 4.21 Å². The number of thiazole rings is 1. The summed E-state index contributed by atoms with van der Waals surface area (Å²) in [6, 6.07) is 7.82. The standard InChI is InChI=1S/C8H7NOS2/c1-12(10)8-9-6-4-2-3-5-7(6)11-8/h2-5H,1H3/t12-/m0/s1. The van der Waals surface area contributed by atoms with Gasteiger partial charge in [0.05, 0.1) is 21.0 Å². The largest absolute Gasteiger partial charge is 0.252 e. The molecular formula is C8H7NOS2. The van der Waals surface area contributed by atoms with Crippen LogP contribution in [-0.4, -0.2) is 15.4 Å². The van der Waals surface area contributed by atoms with E-state index >= 15 is 0 Å². The van der Waals surface area contributed by atoms with Crippen molar-refractivity contribution >= 4 is 32.4 Å². The van der Waals surface area contributed by atoms with E-state index in [1.165, 1.54) is 11.3 Å². The quantitative estimate of drug-likeness (QED) is 0.700. The molecule has 4 heteroatoms. The first-order valence-corrected chi connectivity index (χ1v) is 5.84. The molecule has 0 fully saturated rings. The Hall–Kier alpha value is -0.740. The molecule has 0 saturated carbocycles. The Labute approximate surface area is 76.7 Å². The zero-order valence-electron chi connectivity index (χ0n) is 6.48. The number of aromatic nitrogens is 1. The summed E-state index contributed by atoms with van der Waals surface area (Å²) in [6.07, 6.45) is 1.65. The Balaban J connectivity index is 2.70. The van der Waals surface area contributed by atoms with Crippen molar-refractivity contribution in [2.45, 2.75) is 4.34 Å². The van der Waals surface area contributed by atoms with Gasteiger partial charge in [0, 0.05) is 6.26 Å². The Morgan fingerprint density at radius 1 is 1.42 bits per heavy atom. The van der Waals surface area contributed by atoms with Crippen LogP contribution in [0.15, 0.2) is 28.6 Å². The van der Waals surface area contributed by atoms with Crippen molar-refractivity contribution in [3.63, 3.8) is 0 Å². The van der Waals surface area contributed by atoms with Crippen molar-refractivity contribution in [2.75, 3.05) is 6.26 Å². The maximum atomic E-state index is 11.1. The predicted octanol–water partition coefficient (Wildman–Crippen LogP) is 2.03. The maximum Gasteiger partial charge on any atom is 0.181 e. The van der Waals surface area contributed by atoms with Gasteiger partial charge < -0.3 is 0 Å². The van der Waals surface area contributed by atoms with E-state index in [-0.39, 0.29) is 0 Å². The zero-order chi connectivity index (χ0) is 8.55. The molecule has 0 spiro atoms. The molecule has 0 amide bonds. The topological polar surface area (TPSA) is 30.0 Å². The summed E-state index contributed by atoms with van der Waals surface area (Å²) >= 11 is 1.49. The van der Waals surface area contributed by atoms with Crippen LogP contribution in [0.1, 0.15) is 0 Å². The molecule has 0 bridgehead atoms. The molecule has 0 N–H and O–H groups in total. The van der Waals surface area contributed by atoms with Crippen molar-refractivity contribution in [2.24, 2.45) is 0 Å². The fourth-order valence-corrected chi connectivity index (χ4v) is 2.64. The fourth-order valence-electron chi connectivity index (χ4n) is 0.974. The van der Waals surface area contributed by atoms with Crippen molar-refractivity contribution < 1.29 is 4.21 Å². The third-order valence-electron chi connectivity index (χ3n) is 1.52. The smallest absolute Gasteiger partial charge is 0.181 e. The second-order valence-corrected chi connectivity index (χ2v) is 4.99. The van der Waals surface area contributed by atoms with E-state index in [2.05, 4.69) is 4.98 Å². The zero-order valence-corrected chi connectivity index (χ0v) is 8.11. The van der Waals surface area contributed by atoms with Crippen molar-refractivity contribution in [1.82, 2.24) is 4.98 Å². The van der Waals surface area contributed by atoms with Gasteiger partial charge in [0.2, 0.25) is 0 Å². The molecule has 0 aliphatic heterocycles. The van der Waals surface area contributed by atoms with E-state index in [1.54, 1.807) is 6.26 Å². The van der Waals surface area contributed by atoms with Gasteiger partial charge in [-0.2, -0.15) is 0 Å². The lowest BCUT2D eigenvalue weighted by atomic mass is 10.3. The van der Waals surface area contributed by atoms with Crippen LogP contribution in [-0.2, 0) is 10.8 Å². The Bertz CT molecular complexity index is 402. The van der Waals surface area contributed by atoms with E-state index in [1.807, 2.05) is 24.3 Å². The second-order valence-electron chi connectivity index (χ2n) is 2.40. The van der Waals surface area contributed by atoms with Gasteiger partial charge in [-0.05, 0) is 12.1 Å². The highest BCUT2D eigenvalue weighted by Gasteiger charge is 2.04. The lowest BCUT2D eigenvalue weighted by molar-refractivity contribution is 0.686. The molecule has 2 aromatic rings. The third-order valence-corrected chi connectivity index (χ3v) is 3.89. The number of nitrogens with zero attached hydrogens (tertiary/aromatic N) is 1. The van der Waals surface area contributed by atoms with Crippen molar-refractivity contribution in [1.29, 1.82) is 0 Å². The van der Waals surface area contributed by atoms with E-state index in [0.717, 1.165) is 10.2 Å². The van der Waals surface area contributed by atoms with Gasteiger partial charge in [0.25, 0.3) is 0 Å². The fraction of sp³-hybridized carbons (Fsp3) is 0.125. The van der Waals surface area contributed by atoms with Crippen LogP contribution in [0.5, 0.6) is 0 Å². The maximum absolute atomic E-state index is 11.1. The molecule has 2 nitrogen and oxygen atoms in total. The molecule has 0 radical (unpaired) electrons. The predicted molar refractivity (Wildman–Crippen MR) is 52.0 cm³/mol. The third kappa shape index (κ3) is 1.28. The number of hydrogen-bond acceptors (Lipinski definition) is 3. The molecule has 12 heavy (non-hydrogen) atoms. The normalized spacial score (nSPS) is 13.4. The minimum Gasteiger partial charge on any atom is -0.252 e. The van der Waals surface area contributed by atoms with Gasteiger partial charge >= 0.3 is 0 Å². The van der Waals surface area contributed by atoms with Gasteiger partial charge in [-0.1, -0.05) is 12.1 Å². The minimum absolute atomic E-state index is 0.705. The Morgan fingerprint density at radius 3 is 2.83 bits per heavy atom. The molecule has 1 aromatic carbocycles. The number of benzene rings is 1. The van der Waals surface area contributed by atoms with E-state index in [0.29, 0.717) is 4.34 Å². The van der Waals surface area contributed by atoms with Gasteiger partial charge in [0.1, 0.15) is 0 Å². The SMILES string of the molecule is C[S@](=O)c1nc2ccccc2s1. The summed E-state index contributed by atoms with van der Waals surface area (Å²) in [6.45, 7) is 0. The number of para-hydroxylation sites is 1. The first kappa shape index (κ1) is 7.89. The van der Waals surface area contributed by atoms with E-state index in [4.69, 9.17) is 0 Å². The molecule has 1 heterocycles. The first-order chi connectivity index (χ1) is 5.77. The molecule has 0 aliphatic carbocycles. The molecule has 62 valence electrons. The van der Waals surface area contributed by atoms with Crippen molar-refractivity contribution in [3.05, 3.63) is 24.3 Å². The summed E-state index contributed by atoms with van der Waals surface area (Å²) in [5.74, 6) is 0. The highest BCUT2D eigenvalue weighted by molar-refractivity contribution is 7.86. The molecule has 0 saturated heterocycles. The van der Waals surface area contributed by atoms with E-state index < -0.39 is 10.8 Å². The van der Waals surface area contributed by atoms with E-state index in [9.17, 15) is 4.21 Å². The van der Waals surface area contributed by atoms with Gasteiger partial charge in [0.15, 0.2) is 4.34 Å². The summed E-state index contributed by atoms with van der Waals surface area (Å²) in [4.78, 5) is 4.23. The lowest BCUT2D eigenvalue weighted by Crippen LogP contribution is -1.83. The lowest BCUT2D eigenvalue weighted by Gasteiger charge is -1.81. The molecular weight excluding hydrogens is 190 g/mol.